The highest BCUT2D eigenvalue weighted by Gasteiger charge is 2.47. The molecule has 0 bridgehead atoms. The van der Waals surface area contributed by atoms with Crippen LogP contribution in [0, 0.1) is 5.41 Å². The van der Waals surface area contributed by atoms with Gasteiger partial charge in [-0.3, -0.25) is 14.8 Å². The summed E-state index contributed by atoms with van der Waals surface area (Å²) in [7, 11) is 0. The number of hydroxylamine groups is 1. The number of aryl methyl sites for hydroxylation is 1. The molecule has 3 aromatic carbocycles. The Labute approximate surface area is 175 Å². The van der Waals surface area contributed by atoms with Gasteiger partial charge in [-0.2, -0.15) is 0 Å². The average molecular weight is 400 g/mol. The standard InChI is InChI=1S/C25H24N2O3/c28-23(26-30)21-7-8-22-15-25(10-9-20(22)14-21)11-12-27(24(25)29)16-17-5-6-18-3-1-2-4-19(18)13-17/h1-8,13-14,30H,9-12,15-16H2,(H,26,28)/t25-/m0/s1. The molecule has 5 rings (SSSR count). The highest BCUT2D eigenvalue weighted by Crippen LogP contribution is 2.44. The number of likely N-dealkylation sites (tertiary alicyclic amines) is 1. The molecule has 1 atom stereocenters. The minimum atomic E-state index is -0.503. The number of nitrogens with zero attached hydrogens (tertiary/aromatic N) is 1. The molecule has 2 amide bonds. The lowest BCUT2D eigenvalue weighted by molar-refractivity contribution is -0.137. The summed E-state index contributed by atoms with van der Waals surface area (Å²) >= 11 is 0. The molecule has 2 aliphatic rings. The highest BCUT2D eigenvalue weighted by atomic mass is 16.5. The normalized spacial score (nSPS) is 20.6. The summed E-state index contributed by atoms with van der Waals surface area (Å²) in [5.41, 5.74) is 5.20. The second-order valence-electron chi connectivity index (χ2n) is 8.54. The van der Waals surface area contributed by atoms with E-state index in [1.54, 1.807) is 11.5 Å². The molecule has 2 N–H and O–H groups in total. The van der Waals surface area contributed by atoms with Crippen molar-refractivity contribution in [3.63, 3.8) is 0 Å². The van der Waals surface area contributed by atoms with Gasteiger partial charge < -0.3 is 4.90 Å². The van der Waals surface area contributed by atoms with Crippen LogP contribution in [-0.4, -0.2) is 28.5 Å². The number of carbonyl (C=O) groups is 2. The van der Waals surface area contributed by atoms with Crippen molar-refractivity contribution in [1.29, 1.82) is 0 Å². The molecule has 1 aliphatic carbocycles. The molecule has 5 nitrogen and oxygen atoms in total. The third-order valence-corrected chi connectivity index (χ3v) is 6.76. The van der Waals surface area contributed by atoms with E-state index >= 15 is 0 Å². The molecule has 0 aromatic heterocycles. The number of rotatable bonds is 3. The van der Waals surface area contributed by atoms with Crippen molar-refractivity contribution < 1.29 is 14.8 Å². The molecule has 0 saturated carbocycles. The first kappa shape index (κ1) is 18.8. The van der Waals surface area contributed by atoms with E-state index in [1.807, 2.05) is 29.2 Å². The Bertz CT molecular complexity index is 1160. The predicted octanol–water partition coefficient (Wildman–Crippen LogP) is 3.87. The van der Waals surface area contributed by atoms with Crippen LogP contribution in [0.1, 0.15) is 39.9 Å². The highest BCUT2D eigenvalue weighted by molar-refractivity contribution is 5.93. The summed E-state index contributed by atoms with van der Waals surface area (Å²) in [5.74, 6) is -0.255. The van der Waals surface area contributed by atoms with E-state index in [0.29, 0.717) is 12.1 Å². The molecule has 5 heteroatoms. The SMILES string of the molecule is O=C(NO)c1ccc2c(c1)CC[C@]1(CCN(Cc3ccc4ccccc4c3)C1=O)C2. The fourth-order valence-electron chi connectivity index (χ4n) is 5.06. The van der Waals surface area contributed by atoms with Gasteiger partial charge in [-0.1, -0.05) is 42.5 Å². The number of benzene rings is 3. The monoisotopic (exact) mass is 400 g/mol. The summed E-state index contributed by atoms with van der Waals surface area (Å²) in [6.45, 7) is 1.43. The van der Waals surface area contributed by atoms with Gasteiger partial charge in [-0.15, -0.1) is 0 Å². The van der Waals surface area contributed by atoms with Gasteiger partial charge >= 0.3 is 0 Å². The zero-order valence-electron chi connectivity index (χ0n) is 16.7. The Balaban J connectivity index is 1.34. The van der Waals surface area contributed by atoms with Crippen LogP contribution >= 0.6 is 0 Å². The summed E-state index contributed by atoms with van der Waals surface area (Å²) in [4.78, 5) is 27.1. The van der Waals surface area contributed by atoms with E-state index in [4.69, 9.17) is 5.21 Å². The van der Waals surface area contributed by atoms with E-state index in [0.717, 1.165) is 48.9 Å². The largest absolute Gasteiger partial charge is 0.338 e. The first-order valence-corrected chi connectivity index (χ1v) is 10.4. The zero-order valence-corrected chi connectivity index (χ0v) is 16.7. The van der Waals surface area contributed by atoms with Crippen LogP contribution in [0.5, 0.6) is 0 Å². The predicted molar refractivity (Wildman–Crippen MR) is 114 cm³/mol. The van der Waals surface area contributed by atoms with Gasteiger partial charge in [0.05, 0.1) is 5.41 Å². The molecule has 30 heavy (non-hydrogen) atoms. The van der Waals surface area contributed by atoms with E-state index in [1.165, 1.54) is 10.8 Å². The van der Waals surface area contributed by atoms with Gasteiger partial charge in [0.2, 0.25) is 5.91 Å². The van der Waals surface area contributed by atoms with Crippen molar-refractivity contribution in [3.8, 4) is 0 Å². The number of hydrogen-bond acceptors (Lipinski definition) is 3. The number of nitrogens with one attached hydrogen (secondary N) is 1. The molecule has 1 spiro atoms. The third-order valence-electron chi connectivity index (χ3n) is 6.76. The van der Waals surface area contributed by atoms with Gasteiger partial charge in [-0.25, -0.2) is 5.48 Å². The van der Waals surface area contributed by atoms with Crippen LogP contribution in [0.4, 0.5) is 0 Å². The van der Waals surface area contributed by atoms with Crippen LogP contribution in [0.25, 0.3) is 10.8 Å². The number of fused-ring (bicyclic) bond motifs is 2. The Kier molecular flexibility index (Phi) is 4.55. The fourth-order valence-corrected chi connectivity index (χ4v) is 5.06. The van der Waals surface area contributed by atoms with Crippen molar-refractivity contribution >= 4 is 22.6 Å². The Morgan fingerprint density at radius 1 is 1.00 bits per heavy atom. The van der Waals surface area contributed by atoms with Gasteiger partial charge in [0.15, 0.2) is 0 Å². The molecular formula is C25H24N2O3. The smallest absolute Gasteiger partial charge is 0.274 e. The van der Waals surface area contributed by atoms with Crippen molar-refractivity contribution in [2.75, 3.05) is 6.54 Å². The van der Waals surface area contributed by atoms with E-state index < -0.39 is 5.91 Å². The lowest BCUT2D eigenvalue weighted by Crippen LogP contribution is -2.38. The van der Waals surface area contributed by atoms with Crippen molar-refractivity contribution in [1.82, 2.24) is 10.4 Å². The Hall–Kier alpha value is -3.18. The van der Waals surface area contributed by atoms with Crippen LogP contribution in [0.15, 0.2) is 60.7 Å². The van der Waals surface area contributed by atoms with E-state index in [-0.39, 0.29) is 11.3 Å². The number of hydrogen-bond donors (Lipinski definition) is 2. The fraction of sp³-hybridized carbons (Fsp3) is 0.280. The molecule has 1 aliphatic heterocycles. The summed E-state index contributed by atoms with van der Waals surface area (Å²) in [5, 5.41) is 11.3. The lowest BCUT2D eigenvalue weighted by atomic mass is 9.70. The quantitative estimate of drug-likeness (QED) is 0.518. The Morgan fingerprint density at radius 2 is 1.83 bits per heavy atom. The van der Waals surface area contributed by atoms with Gasteiger partial charge in [0, 0.05) is 18.7 Å². The zero-order chi connectivity index (χ0) is 20.7. The lowest BCUT2D eigenvalue weighted by Gasteiger charge is -2.33. The molecule has 1 saturated heterocycles. The van der Waals surface area contributed by atoms with Crippen molar-refractivity contribution in [2.45, 2.75) is 32.2 Å². The number of amides is 2. The van der Waals surface area contributed by atoms with Gasteiger partial charge in [0.25, 0.3) is 5.91 Å². The molecule has 0 radical (unpaired) electrons. The van der Waals surface area contributed by atoms with E-state index in [9.17, 15) is 9.59 Å². The minimum absolute atomic E-state index is 0.249. The molecule has 1 heterocycles. The molecule has 0 unspecified atom stereocenters. The average Bonchev–Trinajstić information content (AvgIpc) is 3.07. The van der Waals surface area contributed by atoms with Gasteiger partial charge in [0.1, 0.15) is 0 Å². The summed E-state index contributed by atoms with van der Waals surface area (Å²) in [6, 6.07) is 20.2. The maximum Gasteiger partial charge on any atom is 0.274 e. The third kappa shape index (κ3) is 3.15. The van der Waals surface area contributed by atoms with Crippen LogP contribution in [0.2, 0.25) is 0 Å². The maximum absolute atomic E-state index is 13.4. The molecule has 152 valence electrons. The molecular weight excluding hydrogens is 376 g/mol. The van der Waals surface area contributed by atoms with Crippen molar-refractivity contribution in [2.24, 2.45) is 5.41 Å². The first-order chi connectivity index (χ1) is 14.6. The Morgan fingerprint density at radius 3 is 2.67 bits per heavy atom. The summed E-state index contributed by atoms with van der Waals surface area (Å²) in [6.07, 6.45) is 3.17. The molecule has 3 aromatic rings. The van der Waals surface area contributed by atoms with Crippen molar-refractivity contribution in [3.05, 3.63) is 82.9 Å². The van der Waals surface area contributed by atoms with Crippen LogP contribution in [0.3, 0.4) is 0 Å². The molecule has 1 fully saturated rings. The first-order valence-electron chi connectivity index (χ1n) is 10.4. The second kappa shape index (κ2) is 7.26. The second-order valence-corrected chi connectivity index (χ2v) is 8.54. The topological polar surface area (TPSA) is 69.6 Å². The van der Waals surface area contributed by atoms with Crippen LogP contribution < -0.4 is 5.48 Å². The number of carbonyl (C=O) groups excluding carboxylic acids is 2. The minimum Gasteiger partial charge on any atom is -0.338 e. The van der Waals surface area contributed by atoms with Gasteiger partial charge in [-0.05, 0) is 71.3 Å². The maximum atomic E-state index is 13.4. The van der Waals surface area contributed by atoms with Crippen LogP contribution in [-0.2, 0) is 24.2 Å². The summed E-state index contributed by atoms with van der Waals surface area (Å²) < 4.78 is 0. The van der Waals surface area contributed by atoms with E-state index in [2.05, 4.69) is 30.3 Å².